The summed E-state index contributed by atoms with van der Waals surface area (Å²) in [6.45, 7) is 0.291. The Morgan fingerprint density at radius 1 is 1.12 bits per heavy atom. The van der Waals surface area contributed by atoms with Crippen LogP contribution in [0.3, 0.4) is 0 Å². The van der Waals surface area contributed by atoms with Crippen LogP contribution in [0.1, 0.15) is 16.7 Å². The van der Waals surface area contributed by atoms with E-state index >= 15 is 0 Å². The van der Waals surface area contributed by atoms with Crippen molar-refractivity contribution in [1.82, 2.24) is 30.1 Å². The lowest BCUT2D eigenvalue weighted by molar-refractivity contribution is -0.157. The number of anilines is 1. The second kappa shape index (κ2) is 13.0. The smallest absolute Gasteiger partial charge is 0.333 e. The average Bonchev–Trinajstić information content (AvgIpc) is 3.78. The molecule has 244 valence electrons. The van der Waals surface area contributed by atoms with E-state index in [4.69, 9.17) is 39.8 Å². The van der Waals surface area contributed by atoms with Crippen LogP contribution in [-0.2, 0) is 29.1 Å². The van der Waals surface area contributed by atoms with E-state index in [1.54, 1.807) is 39.3 Å². The first kappa shape index (κ1) is 31.8. The Bertz CT molecular complexity index is 2110. The lowest BCUT2D eigenvalue weighted by Crippen LogP contribution is -2.66. The van der Waals surface area contributed by atoms with Gasteiger partial charge in [0.15, 0.2) is 5.13 Å². The summed E-state index contributed by atoms with van der Waals surface area (Å²) in [7, 11) is 0. The molecule has 11 nitrogen and oxygen atoms in total. The number of nitrogens with two attached hydrogens (primary N) is 1. The minimum atomic E-state index is -0.836. The predicted octanol–water partition coefficient (Wildman–Crippen LogP) is 5.12. The highest BCUT2D eigenvalue weighted by atomic mass is 35.5. The number of nitrogen functional groups attached to an aromatic ring is 1. The number of amides is 4. The molecule has 2 aliphatic rings. The van der Waals surface area contributed by atoms with Crippen molar-refractivity contribution in [3.05, 3.63) is 93.7 Å². The van der Waals surface area contributed by atoms with Crippen molar-refractivity contribution in [3.63, 3.8) is 0 Å². The highest BCUT2D eigenvalue weighted by Crippen LogP contribution is 2.33. The Balaban J connectivity index is 1.20. The molecule has 2 aliphatic heterocycles. The molecule has 0 saturated carbocycles. The monoisotopic (exact) mass is 701 g/mol. The molecule has 4 heterocycles. The van der Waals surface area contributed by atoms with Crippen LogP contribution in [0.25, 0.3) is 21.2 Å². The van der Waals surface area contributed by atoms with E-state index < -0.39 is 18.2 Å². The van der Waals surface area contributed by atoms with Gasteiger partial charge in [-0.1, -0.05) is 64.7 Å². The summed E-state index contributed by atoms with van der Waals surface area (Å²) in [5.74, 6) is 2.06. The fourth-order valence-corrected chi connectivity index (χ4v) is 7.50. The molecule has 48 heavy (non-hydrogen) atoms. The van der Waals surface area contributed by atoms with Gasteiger partial charge in [0.25, 0.3) is 0 Å². The normalized spacial score (nSPS) is 18.0. The van der Waals surface area contributed by atoms with E-state index in [2.05, 4.69) is 16.2 Å². The Morgan fingerprint density at radius 2 is 1.96 bits per heavy atom. The number of hydrogen-bond acceptors (Lipinski definition) is 8. The van der Waals surface area contributed by atoms with Crippen molar-refractivity contribution >= 4 is 78.7 Å². The van der Waals surface area contributed by atoms with Crippen LogP contribution >= 0.6 is 34.5 Å². The Morgan fingerprint density at radius 3 is 2.77 bits per heavy atom. The van der Waals surface area contributed by atoms with Crippen LogP contribution in [0.2, 0.25) is 10.0 Å². The average molecular weight is 703 g/mol. The summed E-state index contributed by atoms with van der Waals surface area (Å²) in [6, 6.07) is 17.1. The van der Waals surface area contributed by atoms with E-state index in [1.165, 1.54) is 16.3 Å². The number of thiazole rings is 1. The van der Waals surface area contributed by atoms with E-state index in [9.17, 15) is 14.4 Å². The standard InChI is InChI=1S/C34H29Cl2N7O4S/c1-2-11-41(34(46)38-16-21-6-8-24(35)25(36)14-21)42-19-30(44)43-26(15-20-7-9-27-22(13-20)10-12-47-27)32(45)40(18-29(42)43)17-23-4-3-5-28-31(23)39-33(37)48-28/h1,3-10,12-14,26,29H,11,15-19H2,(H2,37,39)(H,38,46)/t26-,29+/m0/s1. The Kier molecular flexibility index (Phi) is 8.61. The summed E-state index contributed by atoms with van der Waals surface area (Å²) in [6.07, 6.45) is 6.94. The topological polar surface area (TPSA) is 128 Å². The first-order chi connectivity index (χ1) is 23.2. The van der Waals surface area contributed by atoms with Crippen molar-refractivity contribution in [2.45, 2.75) is 31.7 Å². The van der Waals surface area contributed by atoms with Gasteiger partial charge in [-0.25, -0.2) is 14.8 Å². The number of aromatic nitrogens is 1. The van der Waals surface area contributed by atoms with Crippen molar-refractivity contribution in [2.75, 3.05) is 25.4 Å². The number of carbonyl (C=O) groups excluding carboxylic acids is 3. The number of urea groups is 1. The number of rotatable bonds is 8. The first-order valence-corrected chi connectivity index (χ1v) is 16.7. The number of fused-ring (bicyclic) bond motifs is 3. The SMILES string of the molecule is C#CCN(C(=O)NCc1ccc(Cl)c(Cl)c1)N1CC(=O)N2[C@@H](Cc3ccc4occc4c3)C(=O)N(Cc3cccc4sc(N)nc34)C[C@@H]21. The molecule has 0 aliphatic carbocycles. The van der Waals surface area contributed by atoms with Gasteiger partial charge in [-0.2, -0.15) is 5.01 Å². The number of hydrazine groups is 1. The molecule has 4 amide bonds. The van der Waals surface area contributed by atoms with E-state index in [-0.39, 0.29) is 51.0 Å². The van der Waals surface area contributed by atoms with Crippen molar-refractivity contribution in [1.29, 1.82) is 0 Å². The van der Waals surface area contributed by atoms with Crippen LogP contribution in [0.5, 0.6) is 0 Å². The maximum Gasteiger partial charge on any atom is 0.333 e. The van der Waals surface area contributed by atoms with Gasteiger partial charge in [0, 0.05) is 24.9 Å². The zero-order valence-corrected chi connectivity index (χ0v) is 27.8. The van der Waals surface area contributed by atoms with E-state index in [0.29, 0.717) is 15.2 Å². The molecule has 0 unspecified atom stereocenters. The van der Waals surface area contributed by atoms with Gasteiger partial charge in [-0.3, -0.25) is 9.59 Å². The molecule has 2 atom stereocenters. The zero-order valence-electron chi connectivity index (χ0n) is 25.4. The van der Waals surface area contributed by atoms with Gasteiger partial charge < -0.3 is 25.3 Å². The first-order valence-electron chi connectivity index (χ1n) is 15.1. The summed E-state index contributed by atoms with van der Waals surface area (Å²) in [5.41, 5.74) is 9.91. The fraction of sp³-hybridized carbons (Fsp3) is 0.235. The number of furan rings is 1. The second-order valence-corrected chi connectivity index (χ2v) is 13.5. The third-order valence-electron chi connectivity index (χ3n) is 8.61. The highest BCUT2D eigenvalue weighted by molar-refractivity contribution is 7.22. The Hall–Kier alpha value is -4.80. The molecule has 2 aromatic heterocycles. The fourth-order valence-electron chi connectivity index (χ4n) is 6.40. The van der Waals surface area contributed by atoms with Gasteiger partial charge in [0.1, 0.15) is 17.8 Å². The summed E-state index contributed by atoms with van der Waals surface area (Å²) in [5, 5.41) is 7.98. The molecule has 0 bridgehead atoms. The number of carbonyl (C=O) groups is 3. The zero-order chi connectivity index (χ0) is 33.5. The summed E-state index contributed by atoms with van der Waals surface area (Å²) >= 11 is 13.6. The Labute approximate surface area is 289 Å². The largest absolute Gasteiger partial charge is 0.464 e. The number of halogens is 2. The number of para-hydroxylation sites is 1. The number of nitrogens with one attached hydrogen (secondary N) is 1. The van der Waals surface area contributed by atoms with Gasteiger partial charge in [0.05, 0.1) is 46.2 Å². The molecule has 7 rings (SSSR count). The van der Waals surface area contributed by atoms with E-state index in [1.807, 2.05) is 42.5 Å². The molecular weight excluding hydrogens is 673 g/mol. The minimum absolute atomic E-state index is 0.0992. The second-order valence-electron chi connectivity index (χ2n) is 11.6. The van der Waals surface area contributed by atoms with Crippen LogP contribution in [0, 0.1) is 12.3 Å². The van der Waals surface area contributed by atoms with Crippen molar-refractivity contribution in [2.24, 2.45) is 0 Å². The van der Waals surface area contributed by atoms with Crippen molar-refractivity contribution in [3.8, 4) is 12.3 Å². The number of piperazine rings is 1. The molecule has 0 radical (unpaired) electrons. The molecule has 3 aromatic carbocycles. The minimum Gasteiger partial charge on any atom is -0.464 e. The van der Waals surface area contributed by atoms with Crippen LogP contribution in [-0.4, -0.2) is 74.5 Å². The number of benzene rings is 3. The number of terminal acetylenes is 1. The van der Waals surface area contributed by atoms with Crippen LogP contribution < -0.4 is 11.1 Å². The molecule has 2 saturated heterocycles. The van der Waals surface area contributed by atoms with Gasteiger partial charge >= 0.3 is 6.03 Å². The third kappa shape index (κ3) is 6.02. The number of nitrogens with zero attached hydrogens (tertiary/aromatic N) is 5. The van der Waals surface area contributed by atoms with Gasteiger partial charge in [-0.05, 0) is 53.1 Å². The molecule has 14 heteroatoms. The maximum atomic E-state index is 14.3. The third-order valence-corrected chi connectivity index (χ3v) is 10.2. The molecule has 5 aromatic rings. The van der Waals surface area contributed by atoms with E-state index in [0.717, 1.165) is 37.9 Å². The molecule has 0 spiro atoms. The van der Waals surface area contributed by atoms with Gasteiger partial charge in [-0.15, -0.1) is 6.42 Å². The lowest BCUT2D eigenvalue weighted by Gasteiger charge is -2.46. The van der Waals surface area contributed by atoms with Crippen LogP contribution in [0.15, 0.2) is 71.3 Å². The molecule has 3 N–H and O–H groups in total. The summed E-state index contributed by atoms with van der Waals surface area (Å²) < 4.78 is 6.42. The number of hydrogen-bond donors (Lipinski definition) is 2. The molecular formula is C34H29Cl2N7O4S. The lowest BCUT2D eigenvalue weighted by atomic mass is 9.99. The predicted molar refractivity (Wildman–Crippen MR) is 185 cm³/mol. The molecule has 2 fully saturated rings. The highest BCUT2D eigenvalue weighted by Gasteiger charge is 2.52. The van der Waals surface area contributed by atoms with Crippen molar-refractivity contribution < 1.29 is 18.8 Å². The quantitative estimate of drug-likeness (QED) is 0.215. The van der Waals surface area contributed by atoms with Gasteiger partial charge in [0.2, 0.25) is 11.8 Å². The summed E-state index contributed by atoms with van der Waals surface area (Å²) in [4.78, 5) is 49.6. The maximum absolute atomic E-state index is 14.3. The van der Waals surface area contributed by atoms with Crippen LogP contribution in [0.4, 0.5) is 9.93 Å².